The van der Waals surface area contributed by atoms with Crippen LogP contribution >= 0.6 is 12.4 Å². The summed E-state index contributed by atoms with van der Waals surface area (Å²) < 4.78 is 7.19. The van der Waals surface area contributed by atoms with Gasteiger partial charge in [0.2, 0.25) is 0 Å². The molecule has 1 fully saturated rings. The van der Waals surface area contributed by atoms with Gasteiger partial charge in [0.25, 0.3) is 5.56 Å². The zero-order valence-electron chi connectivity index (χ0n) is 17.1. The lowest BCUT2D eigenvalue weighted by Crippen LogP contribution is -2.46. The molecule has 1 aliphatic heterocycles. The van der Waals surface area contributed by atoms with Gasteiger partial charge in [-0.05, 0) is 32.5 Å². The van der Waals surface area contributed by atoms with Crippen LogP contribution in [0.5, 0.6) is 0 Å². The lowest BCUT2D eigenvalue weighted by Gasteiger charge is -2.34. The molecule has 7 heteroatoms. The van der Waals surface area contributed by atoms with E-state index in [0.717, 1.165) is 60.0 Å². The smallest absolute Gasteiger partial charge is 0.274 e. The second-order valence-corrected chi connectivity index (χ2v) is 7.52. The molecule has 0 spiro atoms. The minimum Gasteiger partial charge on any atom is -0.364 e. The molecule has 2 aromatic heterocycles. The summed E-state index contributed by atoms with van der Waals surface area (Å²) in [7, 11) is 2.12. The summed E-state index contributed by atoms with van der Waals surface area (Å²) >= 11 is 0. The van der Waals surface area contributed by atoms with E-state index in [1.165, 1.54) is 0 Å². The van der Waals surface area contributed by atoms with Crippen LogP contribution in [0, 0.1) is 13.8 Å². The van der Waals surface area contributed by atoms with Crippen LogP contribution in [-0.4, -0.2) is 47.9 Å². The Hall–Kier alpha value is -2.57. The van der Waals surface area contributed by atoms with Gasteiger partial charge in [0.05, 0.1) is 12.2 Å². The molecule has 3 heterocycles. The van der Waals surface area contributed by atoms with Gasteiger partial charge in [-0.25, -0.2) is 0 Å². The molecule has 0 unspecified atom stereocenters. The summed E-state index contributed by atoms with van der Waals surface area (Å²) in [6.07, 6.45) is 1.93. The lowest BCUT2D eigenvalue weighted by molar-refractivity contribution is 0.312. The third-order valence-electron chi connectivity index (χ3n) is 5.43. The van der Waals surface area contributed by atoms with Crippen molar-refractivity contribution in [2.24, 2.45) is 0 Å². The van der Waals surface area contributed by atoms with Crippen molar-refractivity contribution < 1.29 is 4.52 Å². The molecule has 1 aliphatic rings. The molecule has 29 heavy (non-hydrogen) atoms. The van der Waals surface area contributed by atoms with Gasteiger partial charge in [0, 0.05) is 43.5 Å². The van der Waals surface area contributed by atoms with Crippen LogP contribution in [0.4, 0.5) is 5.69 Å². The zero-order valence-corrected chi connectivity index (χ0v) is 17.9. The van der Waals surface area contributed by atoms with Crippen LogP contribution in [0.25, 0.3) is 11.1 Å². The molecule has 0 radical (unpaired) electrons. The summed E-state index contributed by atoms with van der Waals surface area (Å²) in [5.74, 6) is 0.770. The summed E-state index contributed by atoms with van der Waals surface area (Å²) in [5, 5.41) is 4.10. The van der Waals surface area contributed by atoms with Crippen molar-refractivity contribution in [2.75, 3.05) is 38.1 Å². The van der Waals surface area contributed by atoms with E-state index in [2.05, 4.69) is 22.0 Å². The topological polar surface area (TPSA) is 54.5 Å². The first kappa shape index (κ1) is 21.1. The number of benzene rings is 1. The fourth-order valence-corrected chi connectivity index (χ4v) is 3.82. The van der Waals surface area contributed by atoms with Gasteiger partial charge in [-0.15, -0.1) is 12.4 Å². The molecule has 0 bridgehead atoms. The second-order valence-electron chi connectivity index (χ2n) is 7.52. The Bertz CT molecular complexity index is 1000. The van der Waals surface area contributed by atoms with E-state index in [-0.39, 0.29) is 18.0 Å². The molecule has 154 valence electrons. The summed E-state index contributed by atoms with van der Waals surface area (Å²) in [4.78, 5) is 17.8. The third-order valence-corrected chi connectivity index (χ3v) is 5.43. The molecule has 4 rings (SSSR count). The Morgan fingerprint density at radius 3 is 2.38 bits per heavy atom. The molecule has 0 amide bonds. The largest absolute Gasteiger partial charge is 0.364 e. The van der Waals surface area contributed by atoms with Crippen LogP contribution in [0.2, 0.25) is 0 Å². The fourth-order valence-electron chi connectivity index (χ4n) is 3.82. The maximum absolute atomic E-state index is 13.3. The first-order valence-electron chi connectivity index (χ1n) is 9.68. The number of halogens is 1. The van der Waals surface area contributed by atoms with E-state index in [1.54, 1.807) is 0 Å². The van der Waals surface area contributed by atoms with Gasteiger partial charge in [0.15, 0.2) is 0 Å². The maximum atomic E-state index is 13.3. The Morgan fingerprint density at radius 1 is 1.07 bits per heavy atom. The lowest BCUT2D eigenvalue weighted by atomic mass is 10.0. The molecular weight excluding hydrogens is 388 g/mol. The van der Waals surface area contributed by atoms with E-state index < -0.39 is 0 Å². The second kappa shape index (κ2) is 8.84. The first-order chi connectivity index (χ1) is 13.5. The van der Waals surface area contributed by atoms with Crippen LogP contribution in [0.1, 0.15) is 17.0 Å². The van der Waals surface area contributed by atoms with Crippen LogP contribution in [0.3, 0.4) is 0 Å². The highest BCUT2D eigenvalue weighted by Gasteiger charge is 2.21. The van der Waals surface area contributed by atoms with Gasteiger partial charge < -0.3 is 18.9 Å². The van der Waals surface area contributed by atoms with Gasteiger partial charge in [0.1, 0.15) is 11.4 Å². The maximum Gasteiger partial charge on any atom is 0.274 e. The standard InChI is InChI=1S/C22H26N4O2.ClH/c1-16-21(17(2)28-23-16)19-13-20(25-11-9-24(3)10-12-25)22(27)26(15-19)14-18-7-5-4-6-8-18;/h4-8,13,15H,9-12,14H2,1-3H3;1H. The molecule has 0 aliphatic carbocycles. The van der Waals surface area contributed by atoms with Gasteiger partial charge in [-0.1, -0.05) is 35.5 Å². The van der Waals surface area contributed by atoms with E-state index in [4.69, 9.17) is 4.52 Å². The van der Waals surface area contributed by atoms with Crippen molar-refractivity contribution >= 4 is 18.1 Å². The number of aryl methyl sites for hydroxylation is 2. The average Bonchev–Trinajstić information content (AvgIpc) is 3.03. The minimum atomic E-state index is 0. The van der Waals surface area contributed by atoms with Crippen molar-refractivity contribution in [1.29, 1.82) is 0 Å². The Morgan fingerprint density at radius 2 is 1.76 bits per heavy atom. The fraction of sp³-hybridized carbons (Fsp3) is 0.364. The quantitative estimate of drug-likeness (QED) is 0.655. The summed E-state index contributed by atoms with van der Waals surface area (Å²) in [6, 6.07) is 12.1. The Kier molecular flexibility index (Phi) is 6.45. The van der Waals surface area contributed by atoms with Crippen molar-refractivity contribution in [2.45, 2.75) is 20.4 Å². The number of aromatic nitrogens is 2. The monoisotopic (exact) mass is 414 g/mol. The van der Waals surface area contributed by atoms with Crippen molar-refractivity contribution in [1.82, 2.24) is 14.6 Å². The Balaban J connectivity index is 0.00000240. The number of anilines is 1. The number of hydrogen-bond donors (Lipinski definition) is 0. The molecular formula is C22H27ClN4O2. The van der Waals surface area contributed by atoms with Crippen LogP contribution < -0.4 is 10.5 Å². The SMILES string of the molecule is Cc1noc(C)c1-c1cc(N2CCN(C)CC2)c(=O)n(Cc2ccccc2)c1.Cl. The van der Waals surface area contributed by atoms with E-state index in [9.17, 15) is 4.79 Å². The number of likely N-dealkylation sites (N-methyl/N-ethyl adjacent to an activating group) is 1. The van der Waals surface area contributed by atoms with Gasteiger partial charge >= 0.3 is 0 Å². The first-order valence-corrected chi connectivity index (χ1v) is 9.68. The molecule has 3 aromatic rings. The number of nitrogens with zero attached hydrogens (tertiary/aromatic N) is 4. The number of piperazine rings is 1. The van der Waals surface area contributed by atoms with Crippen LogP contribution in [-0.2, 0) is 6.54 Å². The highest BCUT2D eigenvalue weighted by atomic mass is 35.5. The third kappa shape index (κ3) is 4.38. The van der Waals surface area contributed by atoms with Gasteiger partial charge in [-0.3, -0.25) is 4.79 Å². The van der Waals surface area contributed by atoms with Crippen LogP contribution in [0.15, 0.2) is 51.9 Å². The Labute approximate surface area is 177 Å². The number of rotatable bonds is 4. The summed E-state index contributed by atoms with van der Waals surface area (Å²) in [5.41, 5.74) is 4.68. The molecule has 0 N–H and O–H groups in total. The van der Waals surface area contributed by atoms with E-state index in [0.29, 0.717) is 6.54 Å². The molecule has 6 nitrogen and oxygen atoms in total. The highest BCUT2D eigenvalue weighted by Crippen LogP contribution is 2.29. The van der Waals surface area contributed by atoms with Gasteiger partial charge in [-0.2, -0.15) is 0 Å². The van der Waals surface area contributed by atoms with E-state index in [1.807, 2.05) is 61.0 Å². The van der Waals surface area contributed by atoms with Crippen molar-refractivity contribution in [3.8, 4) is 11.1 Å². The molecule has 0 atom stereocenters. The van der Waals surface area contributed by atoms with Crippen molar-refractivity contribution in [3.05, 3.63) is 70.0 Å². The molecule has 0 saturated carbocycles. The van der Waals surface area contributed by atoms with Crippen molar-refractivity contribution in [3.63, 3.8) is 0 Å². The minimum absolute atomic E-state index is 0. The van der Waals surface area contributed by atoms with E-state index >= 15 is 0 Å². The normalized spacial score (nSPS) is 14.7. The molecule has 1 aromatic carbocycles. The predicted octanol–water partition coefficient (Wildman–Crippen LogP) is 3.34. The molecule has 1 saturated heterocycles. The predicted molar refractivity (Wildman–Crippen MR) is 118 cm³/mol. The zero-order chi connectivity index (χ0) is 19.7. The number of pyridine rings is 1. The highest BCUT2D eigenvalue weighted by molar-refractivity contribution is 5.85. The summed E-state index contributed by atoms with van der Waals surface area (Å²) in [6.45, 7) is 7.99. The number of hydrogen-bond acceptors (Lipinski definition) is 5. The average molecular weight is 415 g/mol.